The molecule has 0 N–H and O–H groups in total. The summed E-state index contributed by atoms with van der Waals surface area (Å²) in [4.78, 5) is 15.5. The molecule has 0 radical (unpaired) electrons. The van der Waals surface area contributed by atoms with Gasteiger partial charge >= 0.3 is 0 Å². The maximum Gasteiger partial charge on any atom is 0.248 e. The fraction of sp³-hybridized carbons (Fsp3) is 0.476. The van der Waals surface area contributed by atoms with Crippen LogP contribution in [0.2, 0.25) is 0 Å². The molecule has 0 saturated carbocycles. The van der Waals surface area contributed by atoms with E-state index in [1.54, 1.807) is 20.2 Å². The Morgan fingerprint density at radius 2 is 2.04 bits per heavy atom. The van der Waals surface area contributed by atoms with Crippen molar-refractivity contribution in [1.82, 2.24) is 14.4 Å². The first-order valence-electron chi connectivity index (χ1n) is 9.40. The van der Waals surface area contributed by atoms with E-state index in [-0.39, 0.29) is 18.3 Å². The Morgan fingerprint density at radius 1 is 1.22 bits per heavy atom. The molecule has 146 valence electrons. The van der Waals surface area contributed by atoms with Crippen LogP contribution in [0.15, 0.2) is 42.6 Å². The highest BCUT2D eigenvalue weighted by atomic mass is 19.1. The fourth-order valence-electron chi connectivity index (χ4n) is 3.47. The van der Waals surface area contributed by atoms with Gasteiger partial charge < -0.3 is 14.2 Å². The first-order valence-corrected chi connectivity index (χ1v) is 9.40. The standard InChI is InChI=1S/C21H28FN3O2/c1-23(2)21(26)16-27-11-9-17-12-24(14-18-6-3-4-8-20(18)22)15-19-7-5-10-25(19)13-17/h3-8,10,17H,9,11-16H2,1-2H3/t17-/m1/s1. The van der Waals surface area contributed by atoms with Gasteiger partial charge in [0.25, 0.3) is 0 Å². The number of ether oxygens (including phenoxy) is 1. The third kappa shape index (κ3) is 5.40. The van der Waals surface area contributed by atoms with E-state index in [2.05, 4.69) is 27.8 Å². The molecular formula is C21H28FN3O2. The molecule has 5 nitrogen and oxygen atoms in total. The molecule has 1 aromatic heterocycles. The SMILES string of the molecule is CN(C)C(=O)COCC[C@@H]1CN(Cc2ccccc2F)Cc2cccn2C1. The number of halogens is 1. The van der Waals surface area contributed by atoms with Gasteiger partial charge in [0.15, 0.2) is 0 Å². The van der Waals surface area contributed by atoms with Gasteiger partial charge in [-0.25, -0.2) is 4.39 Å². The molecule has 3 rings (SSSR count). The van der Waals surface area contributed by atoms with Crippen LogP contribution in [0.5, 0.6) is 0 Å². The Labute approximate surface area is 160 Å². The topological polar surface area (TPSA) is 37.7 Å². The van der Waals surface area contributed by atoms with Crippen LogP contribution in [0.3, 0.4) is 0 Å². The lowest BCUT2D eigenvalue weighted by molar-refractivity contribution is -0.133. The van der Waals surface area contributed by atoms with Crippen LogP contribution < -0.4 is 0 Å². The minimum Gasteiger partial charge on any atom is -0.372 e. The van der Waals surface area contributed by atoms with Crippen LogP contribution in [-0.2, 0) is 29.2 Å². The van der Waals surface area contributed by atoms with E-state index in [9.17, 15) is 9.18 Å². The number of rotatable bonds is 7. The number of carbonyl (C=O) groups is 1. The van der Waals surface area contributed by atoms with Crippen molar-refractivity contribution in [2.24, 2.45) is 5.92 Å². The number of likely N-dealkylation sites (N-methyl/N-ethyl adjacent to an activating group) is 1. The monoisotopic (exact) mass is 373 g/mol. The molecule has 0 unspecified atom stereocenters. The van der Waals surface area contributed by atoms with E-state index in [4.69, 9.17) is 4.74 Å². The molecule has 27 heavy (non-hydrogen) atoms. The van der Waals surface area contributed by atoms with Crippen LogP contribution in [0.4, 0.5) is 4.39 Å². The van der Waals surface area contributed by atoms with Gasteiger partial charge in [0, 0.05) is 64.3 Å². The fourth-order valence-corrected chi connectivity index (χ4v) is 3.47. The molecule has 0 spiro atoms. The minimum absolute atomic E-state index is 0.0234. The molecule has 1 aliphatic heterocycles. The first-order chi connectivity index (χ1) is 13.0. The Morgan fingerprint density at radius 3 is 2.81 bits per heavy atom. The molecule has 1 aliphatic rings. The number of nitrogens with zero attached hydrogens (tertiary/aromatic N) is 3. The second kappa shape index (κ2) is 9.15. The van der Waals surface area contributed by atoms with Gasteiger partial charge in [-0.2, -0.15) is 0 Å². The Hall–Kier alpha value is -2.18. The van der Waals surface area contributed by atoms with Crippen LogP contribution in [-0.4, -0.2) is 54.1 Å². The molecule has 0 bridgehead atoms. The number of fused-ring (bicyclic) bond motifs is 1. The highest BCUT2D eigenvalue weighted by Crippen LogP contribution is 2.22. The van der Waals surface area contributed by atoms with E-state index in [0.29, 0.717) is 19.1 Å². The third-order valence-corrected chi connectivity index (χ3v) is 5.03. The summed E-state index contributed by atoms with van der Waals surface area (Å²) in [5.74, 6) is 0.212. The van der Waals surface area contributed by atoms with Gasteiger partial charge in [-0.1, -0.05) is 18.2 Å². The van der Waals surface area contributed by atoms with Crippen molar-refractivity contribution >= 4 is 5.91 Å². The molecule has 0 aliphatic carbocycles. The van der Waals surface area contributed by atoms with Gasteiger partial charge in [0.2, 0.25) is 5.91 Å². The number of benzene rings is 1. The van der Waals surface area contributed by atoms with E-state index in [1.807, 2.05) is 12.1 Å². The maximum absolute atomic E-state index is 14.1. The number of aromatic nitrogens is 1. The van der Waals surface area contributed by atoms with Crippen LogP contribution in [0, 0.1) is 11.7 Å². The summed E-state index contributed by atoms with van der Waals surface area (Å²) in [5, 5.41) is 0. The predicted molar refractivity (Wildman–Crippen MR) is 103 cm³/mol. The summed E-state index contributed by atoms with van der Waals surface area (Å²) in [5.41, 5.74) is 1.97. The third-order valence-electron chi connectivity index (χ3n) is 5.03. The van der Waals surface area contributed by atoms with Gasteiger partial charge in [-0.05, 0) is 30.5 Å². The first kappa shape index (κ1) is 19.6. The lowest BCUT2D eigenvalue weighted by Gasteiger charge is -2.24. The summed E-state index contributed by atoms with van der Waals surface area (Å²) < 4.78 is 21.9. The highest BCUT2D eigenvalue weighted by Gasteiger charge is 2.22. The zero-order chi connectivity index (χ0) is 19.2. The molecule has 1 atom stereocenters. The van der Waals surface area contributed by atoms with Gasteiger partial charge in [0.05, 0.1) is 0 Å². The van der Waals surface area contributed by atoms with Gasteiger partial charge in [0.1, 0.15) is 12.4 Å². The van der Waals surface area contributed by atoms with Crippen LogP contribution in [0.1, 0.15) is 17.7 Å². The molecule has 2 aromatic rings. The Bertz CT molecular complexity index is 759. The highest BCUT2D eigenvalue weighted by molar-refractivity contribution is 5.76. The lowest BCUT2D eigenvalue weighted by Crippen LogP contribution is -2.29. The van der Waals surface area contributed by atoms with Gasteiger partial charge in [-0.15, -0.1) is 0 Å². The van der Waals surface area contributed by atoms with E-state index in [0.717, 1.165) is 31.6 Å². The number of hydrogen-bond donors (Lipinski definition) is 0. The second-order valence-electron chi connectivity index (χ2n) is 7.41. The normalized spacial score (nSPS) is 17.4. The lowest BCUT2D eigenvalue weighted by atomic mass is 10.1. The molecule has 1 amide bonds. The molecule has 1 aromatic carbocycles. The zero-order valence-corrected chi connectivity index (χ0v) is 16.1. The average molecular weight is 373 g/mol. The predicted octanol–water partition coefficient (Wildman–Crippen LogP) is 2.75. The van der Waals surface area contributed by atoms with Crippen LogP contribution >= 0.6 is 0 Å². The zero-order valence-electron chi connectivity index (χ0n) is 16.1. The van der Waals surface area contributed by atoms with Gasteiger partial charge in [-0.3, -0.25) is 9.69 Å². The minimum atomic E-state index is -0.154. The number of carbonyl (C=O) groups excluding carboxylic acids is 1. The summed E-state index contributed by atoms with van der Waals surface area (Å²) >= 11 is 0. The van der Waals surface area contributed by atoms with Crippen molar-refractivity contribution in [1.29, 1.82) is 0 Å². The van der Waals surface area contributed by atoms with Crippen molar-refractivity contribution < 1.29 is 13.9 Å². The molecule has 0 saturated heterocycles. The summed E-state index contributed by atoms with van der Waals surface area (Å²) in [6, 6.07) is 11.2. The van der Waals surface area contributed by atoms with E-state index in [1.165, 1.54) is 16.7 Å². The molecular weight excluding hydrogens is 345 g/mol. The van der Waals surface area contributed by atoms with Crippen molar-refractivity contribution in [2.45, 2.75) is 26.1 Å². The average Bonchev–Trinajstić information content (AvgIpc) is 2.99. The van der Waals surface area contributed by atoms with Crippen molar-refractivity contribution in [2.75, 3.05) is 33.9 Å². The number of hydrogen-bond acceptors (Lipinski definition) is 3. The van der Waals surface area contributed by atoms with E-state index < -0.39 is 0 Å². The Kier molecular flexibility index (Phi) is 6.63. The summed E-state index contributed by atoms with van der Waals surface area (Å²) in [6.45, 7) is 3.86. The summed E-state index contributed by atoms with van der Waals surface area (Å²) in [6.07, 6.45) is 2.97. The van der Waals surface area contributed by atoms with Crippen molar-refractivity contribution in [3.05, 3.63) is 59.7 Å². The largest absolute Gasteiger partial charge is 0.372 e. The molecule has 6 heteroatoms. The van der Waals surface area contributed by atoms with Crippen molar-refractivity contribution in [3.63, 3.8) is 0 Å². The summed E-state index contributed by atoms with van der Waals surface area (Å²) in [7, 11) is 3.45. The second-order valence-corrected chi connectivity index (χ2v) is 7.41. The Balaban J connectivity index is 1.61. The smallest absolute Gasteiger partial charge is 0.248 e. The molecule has 0 fully saturated rings. The van der Waals surface area contributed by atoms with Crippen LogP contribution in [0.25, 0.3) is 0 Å². The molecule has 2 heterocycles. The number of amides is 1. The van der Waals surface area contributed by atoms with E-state index >= 15 is 0 Å². The quantitative estimate of drug-likeness (QED) is 0.701. The maximum atomic E-state index is 14.1. The van der Waals surface area contributed by atoms with Crippen molar-refractivity contribution in [3.8, 4) is 0 Å².